The SMILES string of the molecule is CCCNC(=O)NCCc1ncc(C)n1CC1CC1. The van der Waals surface area contributed by atoms with E-state index in [1.165, 1.54) is 18.5 Å². The molecule has 0 unspecified atom stereocenters. The molecule has 2 N–H and O–H groups in total. The van der Waals surface area contributed by atoms with Crippen molar-refractivity contribution in [1.82, 2.24) is 20.2 Å². The molecule has 5 heteroatoms. The summed E-state index contributed by atoms with van der Waals surface area (Å²) >= 11 is 0. The molecule has 1 saturated carbocycles. The number of urea groups is 1. The maximum atomic E-state index is 11.4. The molecule has 1 heterocycles. The molecule has 0 radical (unpaired) electrons. The van der Waals surface area contributed by atoms with Crippen LogP contribution < -0.4 is 10.6 Å². The van der Waals surface area contributed by atoms with Crippen LogP contribution in [-0.4, -0.2) is 28.7 Å². The van der Waals surface area contributed by atoms with Crippen LogP contribution in [0.25, 0.3) is 0 Å². The van der Waals surface area contributed by atoms with Gasteiger partial charge in [-0.25, -0.2) is 9.78 Å². The Morgan fingerprint density at radius 2 is 2.16 bits per heavy atom. The second kappa shape index (κ2) is 6.59. The highest BCUT2D eigenvalue weighted by molar-refractivity contribution is 5.73. The molecule has 0 spiro atoms. The predicted molar refractivity (Wildman–Crippen MR) is 75.1 cm³/mol. The molecule has 5 nitrogen and oxygen atoms in total. The summed E-state index contributed by atoms with van der Waals surface area (Å²) in [5.74, 6) is 1.92. The lowest BCUT2D eigenvalue weighted by Gasteiger charge is -2.10. The van der Waals surface area contributed by atoms with Crippen molar-refractivity contribution in [3.63, 3.8) is 0 Å². The first-order chi connectivity index (χ1) is 9.20. The van der Waals surface area contributed by atoms with Crippen LogP contribution in [-0.2, 0) is 13.0 Å². The van der Waals surface area contributed by atoms with Crippen LogP contribution in [0.15, 0.2) is 6.20 Å². The highest BCUT2D eigenvalue weighted by atomic mass is 16.2. The predicted octanol–water partition coefficient (Wildman–Crippen LogP) is 1.85. The molecule has 0 bridgehead atoms. The maximum absolute atomic E-state index is 11.4. The second-order valence-corrected chi connectivity index (χ2v) is 5.30. The van der Waals surface area contributed by atoms with Crippen LogP contribution in [0.2, 0.25) is 0 Å². The Balaban J connectivity index is 1.77. The van der Waals surface area contributed by atoms with Gasteiger partial charge in [0.2, 0.25) is 0 Å². The molecule has 106 valence electrons. The van der Waals surface area contributed by atoms with Gasteiger partial charge < -0.3 is 15.2 Å². The minimum Gasteiger partial charge on any atom is -0.338 e. The fraction of sp³-hybridized carbons (Fsp3) is 0.714. The fourth-order valence-electron chi connectivity index (χ4n) is 2.11. The van der Waals surface area contributed by atoms with Crippen molar-refractivity contribution in [2.24, 2.45) is 5.92 Å². The highest BCUT2D eigenvalue weighted by Crippen LogP contribution is 2.31. The number of nitrogens with one attached hydrogen (secondary N) is 2. The Morgan fingerprint density at radius 1 is 1.42 bits per heavy atom. The van der Waals surface area contributed by atoms with Crippen molar-refractivity contribution in [1.29, 1.82) is 0 Å². The number of carbonyl (C=O) groups excluding carboxylic acids is 1. The van der Waals surface area contributed by atoms with E-state index in [4.69, 9.17) is 0 Å². The smallest absolute Gasteiger partial charge is 0.314 e. The van der Waals surface area contributed by atoms with Crippen molar-refractivity contribution in [3.05, 3.63) is 17.7 Å². The summed E-state index contributed by atoms with van der Waals surface area (Å²) in [5, 5.41) is 5.67. The van der Waals surface area contributed by atoms with Crippen molar-refractivity contribution < 1.29 is 4.79 Å². The number of aromatic nitrogens is 2. The Morgan fingerprint density at radius 3 is 2.84 bits per heavy atom. The third-order valence-electron chi connectivity index (χ3n) is 3.45. The van der Waals surface area contributed by atoms with E-state index in [1.807, 2.05) is 13.1 Å². The van der Waals surface area contributed by atoms with E-state index in [2.05, 4.69) is 27.1 Å². The van der Waals surface area contributed by atoms with E-state index in [0.29, 0.717) is 6.54 Å². The van der Waals surface area contributed by atoms with Crippen LogP contribution in [0.1, 0.15) is 37.7 Å². The first kappa shape index (κ1) is 13.9. The van der Waals surface area contributed by atoms with Gasteiger partial charge in [-0.1, -0.05) is 6.92 Å². The van der Waals surface area contributed by atoms with E-state index in [0.717, 1.165) is 37.7 Å². The van der Waals surface area contributed by atoms with Crippen molar-refractivity contribution in [3.8, 4) is 0 Å². The van der Waals surface area contributed by atoms with Gasteiger partial charge in [0.15, 0.2) is 0 Å². The number of hydrogen-bond donors (Lipinski definition) is 2. The molecular formula is C14H24N4O. The number of carbonyl (C=O) groups is 1. The number of amides is 2. The Labute approximate surface area is 114 Å². The fourth-order valence-corrected chi connectivity index (χ4v) is 2.11. The first-order valence-corrected chi connectivity index (χ1v) is 7.23. The third kappa shape index (κ3) is 4.26. The van der Waals surface area contributed by atoms with E-state index in [1.54, 1.807) is 0 Å². The van der Waals surface area contributed by atoms with Crippen molar-refractivity contribution in [2.45, 2.75) is 46.1 Å². The molecule has 1 aliphatic carbocycles. The summed E-state index contributed by atoms with van der Waals surface area (Å²) in [6.07, 6.45) is 6.36. The average Bonchev–Trinajstić information content (AvgIpc) is 3.15. The largest absolute Gasteiger partial charge is 0.338 e. The summed E-state index contributed by atoms with van der Waals surface area (Å²) in [4.78, 5) is 15.9. The summed E-state index contributed by atoms with van der Waals surface area (Å²) in [5.41, 5.74) is 1.22. The normalized spacial score (nSPS) is 14.4. The zero-order valence-electron chi connectivity index (χ0n) is 11.9. The van der Waals surface area contributed by atoms with Crippen LogP contribution in [0.3, 0.4) is 0 Å². The molecular weight excluding hydrogens is 240 g/mol. The highest BCUT2D eigenvalue weighted by Gasteiger charge is 2.23. The van der Waals surface area contributed by atoms with Gasteiger partial charge in [-0.05, 0) is 32.1 Å². The molecule has 2 amide bonds. The molecule has 1 aromatic rings. The molecule has 0 aromatic carbocycles. The first-order valence-electron chi connectivity index (χ1n) is 7.23. The van der Waals surface area contributed by atoms with Gasteiger partial charge in [-0.3, -0.25) is 0 Å². The monoisotopic (exact) mass is 264 g/mol. The number of aryl methyl sites for hydroxylation is 1. The number of imidazole rings is 1. The topological polar surface area (TPSA) is 59.0 Å². The molecule has 1 aromatic heterocycles. The molecule has 1 fully saturated rings. The minimum atomic E-state index is -0.0844. The average molecular weight is 264 g/mol. The minimum absolute atomic E-state index is 0.0844. The van der Waals surface area contributed by atoms with Gasteiger partial charge in [-0.2, -0.15) is 0 Å². The molecule has 1 aliphatic rings. The Hall–Kier alpha value is -1.52. The molecule has 0 atom stereocenters. The summed E-state index contributed by atoms with van der Waals surface area (Å²) in [6.45, 7) is 6.58. The van der Waals surface area contributed by atoms with Gasteiger partial charge in [0.05, 0.1) is 0 Å². The van der Waals surface area contributed by atoms with Crippen LogP contribution in [0.4, 0.5) is 4.79 Å². The quantitative estimate of drug-likeness (QED) is 0.789. The molecule has 19 heavy (non-hydrogen) atoms. The van der Waals surface area contributed by atoms with Crippen molar-refractivity contribution in [2.75, 3.05) is 13.1 Å². The van der Waals surface area contributed by atoms with Crippen LogP contribution in [0.5, 0.6) is 0 Å². The van der Waals surface area contributed by atoms with Gasteiger partial charge in [0, 0.05) is 37.9 Å². The molecule has 0 saturated heterocycles. The number of hydrogen-bond acceptors (Lipinski definition) is 2. The van der Waals surface area contributed by atoms with Gasteiger partial charge >= 0.3 is 6.03 Å². The summed E-state index contributed by atoms with van der Waals surface area (Å²) in [6, 6.07) is -0.0844. The van der Waals surface area contributed by atoms with E-state index < -0.39 is 0 Å². The zero-order chi connectivity index (χ0) is 13.7. The third-order valence-corrected chi connectivity index (χ3v) is 3.45. The lowest BCUT2D eigenvalue weighted by Crippen LogP contribution is -2.37. The van der Waals surface area contributed by atoms with E-state index in [9.17, 15) is 4.79 Å². The molecule has 2 rings (SSSR count). The van der Waals surface area contributed by atoms with Gasteiger partial charge in [0.25, 0.3) is 0 Å². The standard InChI is InChI=1S/C14H24N4O/c1-3-7-15-14(19)16-8-6-13-17-9-11(2)18(13)10-12-4-5-12/h9,12H,3-8,10H2,1-2H3,(H2,15,16,19). The number of nitrogens with zero attached hydrogens (tertiary/aromatic N) is 2. The van der Waals surface area contributed by atoms with E-state index in [-0.39, 0.29) is 6.03 Å². The van der Waals surface area contributed by atoms with Gasteiger partial charge in [0.1, 0.15) is 5.82 Å². The zero-order valence-corrected chi connectivity index (χ0v) is 11.9. The second-order valence-electron chi connectivity index (χ2n) is 5.30. The maximum Gasteiger partial charge on any atom is 0.314 e. The Kier molecular flexibility index (Phi) is 4.82. The van der Waals surface area contributed by atoms with Crippen molar-refractivity contribution >= 4 is 6.03 Å². The lowest BCUT2D eigenvalue weighted by atomic mass is 10.3. The van der Waals surface area contributed by atoms with Crippen LogP contribution >= 0.6 is 0 Å². The lowest BCUT2D eigenvalue weighted by molar-refractivity contribution is 0.241. The molecule has 0 aliphatic heterocycles. The van der Waals surface area contributed by atoms with Gasteiger partial charge in [-0.15, -0.1) is 0 Å². The van der Waals surface area contributed by atoms with E-state index >= 15 is 0 Å². The van der Waals surface area contributed by atoms with Crippen LogP contribution in [0, 0.1) is 12.8 Å². The summed E-state index contributed by atoms with van der Waals surface area (Å²) < 4.78 is 2.29. The Bertz CT molecular complexity index is 423. The number of rotatable bonds is 7. The summed E-state index contributed by atoms with van der Waals surface area (Å²) in [7, 11) is 0.